The molecule has 8 nitrogen and oxygen atoms in total. The first-order valence-corrected chi connectivity index (χ1v) is 23.6. The minimum Gasteiger partial charge on any atom is -0.308 e. The van der Waals surface area contributed by atoms with E-state index in [0.717, 1.165) is 99.2 Å². The van der Waals surface area contributed by atoms with Crippen LogP contribution in [0.3, 0.4) is 0 Å². The molecular weight excluding hydrogens is 905 g/mol. The van der Waals surface area contributed by atoms with Crippen LogP contribution in [-0.4, -0.2) is 9.13 Å². The van der Waals surface area contributed by atoms with Crippen LogP contribution in [0.25, 0.3) is 111 Å². The normalized spacial score (nSPS) is 10.9. The summed E-state index contributed by atoms with van der Waals surface area (Å²) in [4.78, 5) is 0. The molecule has 338 valence electrons. The molecule has 12 rings (SSSR count). The standard InChI is InChI=1S/C66H34N8/c67-35-41-1-9-45(10-2-41)49-21-25-57-58-26-22-50(46-11-3-42(36-68)4-12-46)32-64(58)73(63(57)31-49)61-29-53(17-19-55(61)39-71)54-18-20-56(40-72)62(30-54)74-65-33-51(47-13-5-43(37-69)6-14-47)23-27-59(65)60-28-24-52(34-66(60)74)48-15-7-44(38-70)8-16-48/h1-34H. The minimum absolute atomic E-state index is 0.460. The van der Waals surface area contributed by atoms with Crippen LogP contribution >= 0.6 is 0 Å². The maximum absolute atomic E-state index is 10.9. The topological polar surface area (TPSA) is 153 Å². The Labute approximate surface area is 425 Å². The summed E-state index contributed by atoms with van der Waals surface area (Å²) in [5, 5.41) is 63.9. The van der Waals surface area contributed by atoms with E-state index < -0.39 is 0 Å². The summed E-state index contributed by atoms with van der Waals surface area (Å²) in [6.07, 6.45) is 0. The highest BCUT2D eigenvalue weighted by Gasteiger charge is 2.21. The van der Waals surface area contributed by atoms with Crippen molar-refractivity contribution in [2.75, 3.05) is 0 Å². The summed E-state index contributed by atoms with van der Waals surface area (Å²) in [6, 6.07) is 80.8. The second-order valence-electron chi connectivity index (χ2n) is 18.0. The molecular formula is C66H34N8. The van der Waals surface area contributed by atoms with Gasteiger partial charge in [0.05, 0.1) is 91.1 Å². The van der Waals surface area contributed by atoms with Crippen molar-refractivity contribution in [2.45, 2.75) is 0 Å². The van der Waals surface area contributed by atoms with Gasteiger partial charge in [0.2, 0.25) is 0 Å². The van der Waals surface area contributed by atoms with Gasteiger partial charge in [-0.2, -0.15) is 31.6 Å². The molecule has 2 aromatic heterocycles. The Hall–Kier alpha value is -11.3. The third-order valence-corrected chi connectivity index (χ3v) is 14.0. The molecule has 0 aliphatic heterocycles. The molecule has 0 spiro atoms. The largest absolute Gasteiger partial charge is 0.308 e. The van der Waals surface area contributed by atoms with Gasteiger partial charge < -0.3 is 9.13 Å². The van der Waals surface area contributed by atoms with Gasteiger partial charge in [0.25, 0.3) is 0 Å². The Bertz CT molecular complexity index is 4040. The number of aromatic nitrogens is 2. The van der Waals surface area contributed by atoms with Gasteiger partial charge in [0, 0.05) is 21.5 Å². The molecule has 0 saturated carbocycles. The lowest BCUT2D eigenvalue weighted by molar-refractivity contribution is 1.16. The van der Waals surface area contributed by atoms with Gasteiger partial charge in [-0.25, -0.2) is 0 Å². The van der Waals surface area contributed by atoms with Crippen molar-refractivity contribution in [3.8, 4) is 103 Å². The average molecular weight is 939 g/mol. The van der Waals surface area contributed by atoms with Crippen LogP contribution in [-0.2, 0) is 0 Å². The Morgan fingerprint density at radius 1 is 0.216 bits per heavy atom. The zero-order valence-electron chi connectivity index (χ0n) is 39.2. The summed E-state index contributed by atoms with van der Waals surface area (Å²) in [5.74, 6) is 0. The Balaban J connectivity index is 1.08. The highest BCUT2D eigenvalue weighted by atomic mass is 15.0. The van der Waals surface area contributed by atoms with Crippen LogP contribution in [0.1, 0.15) is 33.4 Å². The van der Waals surface area contributed by atoms with Crippen molar-refractivity contribution in [1.82, 2.24) is 9.13 Å². The number of benzene rings is 10. The molecule has 0 atom stereocenters. The van der Waals surface area contributed by atoms with Crippen LogP contribution in [0.2, 0.25) is 0 Å². The Morgan fingerprint density at radius 2 is 0.432 bits per heavy atom. The van der Waals surface area contributed by atoms with Gasteiger partial charge in [-0.15, -0.1) is 0 Å². The number of fused-ring (bicyclic) bond motifs is 6. The van der Waals surface area contributed by atoms with E-state index in [1.807, 2.05) is 133 Å². The zero-order valence-corrected chi connectivity index (χ0v) is 39.2. The van der Waals surface area contributed by atoms with Crippen LogP contribution in [0.15, 0.2) is 206 Å². The number of nitrogens with zero attached hydrogens (tertiary/aromatic N) is 8. The Kier molecular flexibility index (Phi) is 10.7. The number of hydrogen-bond acceptors (Lipinski definition) is 6. The zero-order chi connectivity index (χ0) is 50.5. The van der Waals surface area contributed by atoms with Crippen LogP contribution in [0.4, 0.5) is 0 Å². The number of nitriles is 6. The molecule has 0 bridgehead atoms. The quantitative estimate of drug-likeness (QED) is 0.155. The molecule has 0 aliphatic rings. The summed E-state index contributed by atoms with van der Waals surface area (Å²) in [6.45, 7) is 0. The van der Waals surface area contributed by atoms with Crippen molar-refractivity contribution in [3.05, 3.63) is 240 Å². The molecule has 0 saturated heterocycles. The Morgan fingerprint density at radius 3 is 0.662 bits per heavy atom. The number of rotatable bonds is 7. The second-order valence-corrected chi connectivity index (χ2v) is 18.0. The van der Waals surface area contributed by atoms with E-state index in [9.17, 15) is 31.6 Å². The third-order valence-electron chi connectivity index (χ3n) is 14.0. The third kappa shape index (κ3) is 7.44. The fourth-order valence-electron chi connectivity index (χ4n) is 10.2. The fourth-order valence-corrected chi connectivity index (χ4v) is 10.2. The van der Waals surface area contributed by atoms with Gasteiger partial charge in [0.15, 0.2) is 0 Å². The van der Waals surface area contributed by atoms with Crippen LogP contribution in [0, 0.1) is 68.0 Å². The minimum atomic E-state index is 0.460. The molecule has 74 heavy (non-hydrogen) atoms. The maximum Gasteiger partial charge on any atom is 0.101 e. The monoisotopic (exact) mass is 938 g/mol. The highest BCUT2D eigenvalue weighted by molar-refractivity contribution is 6.13. The van der Waals surface area contributed by atoms with E-state index in [1.54, 1.807) is 0 Å². The van der Waals surface area contributed by atoms with Gasteiger partial charge in [-0.3, -0.25) is 0 Å². The van der Waals surface area contributed by atoms with Gasteiger partial charge in [-0.1, -0.05) is 109 Å². The van der Waals surface area contributed by atoms with E-state index in [4.69, 9.17) is 0 Å². The van der Waals surface area contributed by atoms with Gasteiger partial charge in [0.1, 0.15) is 12.1 Å². The van der Waals surface area contributed by atoms with E-state index >= 15 is 0 Å². The summed E-state index contributed by atoms with van der Waals surface area (Å²) < 4.78 is 4.31. The predicted molar refractivity (Wildman–Crippen MR) is 291 cm³/mol. The van der Waals surface area contributed by atoms with Crippen molar-refractivity contribution in [1.29, 1.82) is 31.6 Å². The molecule has 10 aromatic carbocycles. The SMILES string of the molecule is N#Cc1ccc(-c2ccc3c4ccc(-c5ccc(C#N)cc5)cc4n(-c4cc(-c5ccc(C#N)c(-n6c7cc(-c8ccc(C#N)cc8)ccc7c7ccc(-c8ccc(C#N)cc8)cc76)c5)ccc4C#N)c3c2)cc1. The first kappa shape index (κ1) is 44.0. The predicted octanol–water partition coefficient (Wildman–Crippen LogP) is 15.4. The smallest absolute Gasteiger partial charge is 0.101 e. The van der Waals surface area contributed by atoms with Crippen molar-refractivity contribution in [3.63, 3.8) is 0 Å². The molecule has 8 heteroatoms. The molecule has 0 unspecified atom stereocenters. The average Bonchev–Trinajstić information content (AvgIpc) is 3.97. The van der Waals surface area contributed by atoms with Crippen LogP contribution in [0.5, 0.6) is 0 Å². The van der Waals surface area contributed by atoms with Gasteiger partial charge >= 0.3 is 0 Å². The van der Waals surface area contributed by atoms with E-state index in [0.29, 0.717) is 44.8 Å². The molecule has 0 radical (unpaired) electrons. The summed E-state index contributed by atoms with van der Waals surface area (Å²) in [5.41, 5.74) is 17.3. The summed E-state index contributed by atoms with van der Waals surface area (Å²) in [7, 11) is 0. The maximum atomic E-state index is 10.9. The van der Waals surface area contributed by atoms with E-state index in [1.165, 1.54) is 0 Å². The molecule has 0 aliphatic carbocycles. The summed E-state index contributed by atoms with van der Waals surface area (Å²) >= 11 is 0. The lowest BCUT2D eigenvalue weighted by Gasteiger charge is -2.16. The van der Waals surface area contributed by atoms with Crippen molar-refractivity contribution in [2.24, 2.45) is 0 Å². The van der Waals surface area contributed by atoms with Crippen molar-refractivity contribution < 1.29 is 0 Å². The first-order valence-electron chi connectivity index (χ1n) is 23.6. The molecule has 0 N–H and O–H groups in total. The van der Waals surface area contributed by atoms with Gasteiger partial charge in [-0.05, 0) is 153 Å². The van der Waals surface area contributed by atoms with E-state index in [2.05, 4.69) is 118 Å². The molecule has 12 aromatic rings. The van der Waals surface area contributed by atoms with Crippen LogP contribution < -0.4 is 0 Å². The highest BCUT2D eigenvalue weighted by Crippen LogP contribution is 2.42. The van der Waals surface area contributed by atoms with Crippen molar-refractivity contribution >= 4 is 43.6 Å². The number of hydrogen-bond donors (Lipinski definition) is 0. The molecule has 0 fully saturated rings. The lowest BCUT2D eigenvalue weighted by atomic mass is 9.99. The first-order chi connectivity index (χ1) is 36.4. The molecule has 0 amide bonds. The van der Waals surface area contributed by atoms with E-state index in [-0.39, 0.29) is 0 Å². The lowest BCUT2D eigenvalue weighted by Crippen LogP contribution is -2.00. The molecule has 2 heterocycles. The fraction of sp³-hybridized carbons (Fsp3) is 0. The second kappa shape index (κ2) is 17.9.